The second-order valence-corrected chi connectivity index (χ2v) is 23.6. The molecule has 0 nitrogen and oxygen atoms in total. The minimum absolute atomic E-state index is 0. The fourth-order valence-corrected chi connectivity index (χ4v) is 19.4. The van der Waals surface area contributed by atoms with Crippen LogP contribution in [-0.4, -0.2) is 0 Å². The van der Waals surface area contributed by atoms with Crippen molar-refractivity contribution in [3.05, 3.63) is 129 Å². The standard InChI is InChI=1S/2C22H25.C2H4.2ClH.Ti/c2*1-15(2)12-17-13-20-6-5-7-21(22(20)14-17)19-10-8-18(9-11-19)16(3)4;1-2;;;/h2*5-11,13-16H,12H2,1-4H3;1-2H2;2*1H;/q;;;;;+2/p-2. The first kappa shape index (κ1) is 37.9. The molecule has 0 aromatic heterocycles. The largest absolute Gasteiger partial charge is 1.00 e. The van der Waals surface area contributed by atoms with Crippen molar-refractivity contribution in [3.63, 3.8) is 0 Å². The van der Waals surface area contributed by atoms with Gasteiger partial charge in [0.2, 0.25) is 0 Å². The van der Waals surface area contributed by atoms with Gasteiger partial charge < -0.3 is 24.8 Å². The molecule has 3 heteroatoms. The maximum absolute atomic E-state index is 2.67. The summed E-state index contributed by atoms with van der Waals surface area (Å²) in [5.74, 6) is 2.43. The van der Waals surface area contributed by atoms with Crippen LogP contribution in [0.2, 0.25) is 9.45 Å². The molecule has 0 radical (unpaired) electrons. The number of halogens is 2. The number of benzene rings is 4. The molecule has 1 saturated heterocycles. The Labute approximate surface area is 313 Å². The molecular formula is C46H54Cl2Ti. The van der Waals surface area contributed by atoms with E-state index in [1.807, 2.05) is 0 Å². The first-order valence-corrected chi connectivity index (χ1v) is 22.5. The summed E-state index contributed by atoms with van der Waals surface area (Å²) in [7, 11) is 0. The van der Waals surface area contributed by atoms with Gasteiger partial charge in [-0.25, -0.2) is 0 Å². The summed E-state index contributed by atoms with van der Waals surface area (Å²) in [4.78, 5) is 0. The summed E-state index contributed by atoms with van der Waals surface area (Å²) in [6.45, 7) is 18.8. The van der Waals surface area contributed by atoms with E-state index in [2.05, 4.69) is 152 Å². The zero-order valence-electron chi connectivity index (χ0n) is 30.8. The molecule has 0 amide bonds. The zero-order valence-corrected chi connectivity index (χ0v) is 33.9. The van der Waals surface area contributed by atoms with Crippen LogP contribution < -0.4 is 24.8 Å². The fourth-order valence-electron chi connectivity index (χ4n) is 9.07. The third-order valence-corrected chi connectivity index (χ3v) is 19.6. The molecule has 4 aromatic rings. The van der Waals surface area contributed by atoms with Crippen molar-refractivity contribution >= 4 is 12.2 Å². The van der Waals surface area contributed by atoms with Crippen LogP contribution in [-0.2, 0) is 16.6 Å². The summed E-state index contributed by atoms with van der Waals surface area (Å²) < 4.78 is 4.28. The molecule has 49 heavy (non-hydrogen) atoms. The quantitative estimate of drug-likeness (QED) is 0.146. The van der Waals surface area contributed by atoms with Crippen LogP contribution in [0, 0.1) is 11.8 Å². The predicted molar refractivity (Wildman–Crippen MR) is 202 cm³/mol. The molecule has 1 fully saturated rings. The number of hydrogen-bond acceptors (Lipinski definition) is 0. The molecule has 0 spiro atoms. The summed E-state index contributed by atoms with van der Waals surface area (Å²) in [6.07, 6.45) is 7.77. The van der Waals surface area contributed by atoms with Crippen molar-refractivity contribution in [2.75, 3.05) is 0 Å². The maximum atomic E-state index is 2.67. The first-order chi connectivity index (χ1) is 22.6. The van der Waals surface area contributed by atoms with Gasteiger partial charge in [-0.1, -0.05) is 0 Å². The molecule has 2 atom stereocenters. The summed E-state index contributed by atoms with van der Waals surface area (Å²) in [6, 6.07) is 33.4. The van der Waals surface area contributed by atoms with Gasteiger partial charge in [-0.15, -0.1) is 0 Å². The Hall–Kier alpha value is -2.35. The third-order valence-electron chi connectivity index (χ3n) is 11.3. The van der Waals surface area contributed by atoms with Crippen LogP contribution in [0.15, 0.2) is 96.1 Å². The Morgan fingerprint density at radius 3 is 1.18 bits per heavy atom. The van der Waals surface area contributed by atoms with Crippen molar-refractivity contribution in [3.8, 4) is 22.3 Å². The van der Waals surface area contributed by atoms with Crippen LogP contribution >= 0.6 is 0 Å². The monoisotopic (exact) mass is 724 g/mol. The second kappa shape index (κ2) is 15.1. The number of allylic oxidation sites excluding steroid dienone is 2. The normalized spacial score (nSPS) is 18.0. The van der Waals surface area contributed by atoms with Crippen LogP contribution in [0.5, 0.6) is 0 Å². The number of hydrogen-bond donors (Lipinski definition) is 0. The molecule has 1 aliphatic heterocycles. The van der Waals surface area contributed by atoms with E-state index in [1.165, 1.54) is 66.8 Å². The molecule has 0 bridgehead atoms. The molecule has 4 aromatic carbocycles. The summed E-state index contributed by atoms with van der Waals surface area (Å²) in [5.41, 5.74) is 18.3. The van der Waals surface area contributed by atoms with Crippen LogP contribution in [0.3, 0.4) is 0 Å². The fraction of sp³-hybridized carbons (Fsp3) is 0.391. The van der Waals surface area contributed by atoms with E-state index in [0.717, 1.165) is 0 Å². The molecule has 0 saturated carbocycles. The van der Waals surface area contributed by atoms with E-state index < -0.39 is 16.6 Å². The van der Waals surface area contributed by atoms with Gasteiger partial charge in [0.05, 0.1) is 0 Å². The Morgan fingerprint density at radius 1 is 0.510 bits per heavy atom. The molecule has 2 unspecified atom stereocenters. The Balaban J connectivity index is 0.00000234. The van der Waals surface area contributed by atoms with Gasteiger partial charge in [0, 0.05) is 0 Å². The van der Waals surface area contributed by atoms with Crippen molar-refractivity contribution in [2.45, 2.75) is 98.0 Å². The van der Waals surface area contributed by atoms with Gasteiger partial charge in [0.25, 0.3) is 0 Å². The first-order valence-electron chi connectivity index (χ1n) is 18.4. The van der Waals surface area contributed by atoms with Gasteiger partial charge in [0.1, 0.15) is 0 Å². The Morgan fingerprint density at radius 2 is 0.878 bits per heavy atom. The van der Waals surface area contributed by atoms with Gasteiger partial charge in [-0.05, 0) is 0 Å². The number of rotatable bonds is 10. The minimum atomic E-state index is -2.49. The van der Waals surface area contributed by atoms with Gasteiger partial charge in [0.15, 0.2) is 0 Å². The summed E-state index contributed by atoms with van der Waals surface area (Å²) in [5, 5.41) is 0. The zero-order chi connectivity index (χ0) is 33.0. The van der Waals surface area contributed by atoms with E-state index in [-0.39, 0.29) is 24.8 Å². The Kier molecular flexibility index (Phi) is 11.7. The average molecular weight is 726 g/mol. The van der Waals surface area contributed by atoms with Crippen LogP contribution in [0.1, 0.15) is 122 Å². The number of fused-ring (bicyclic) bond motifs is 2. The van der Waals surface area contributed by atoms with Gasteiger partial charge >= 0.3 is 290 Å². The molecule has 2 aliphatic carbocycles. The topological polar surface area (TPSA) is 0 Å². The SMILES string of the molecule is CC(C)CC1=Cc2c(-c3ccc(C(C)C)cc3)cccc2[CH]1[Ti+2]1([CH]2C(CC(C)C)=Cc3c(-c4ccc(C(C)C)cc4)cccc32)[CH2][CH2]1.[Cl-].[Cl-]. The van der Waals surface area contributed by atoms with Crippen molar-refractivity contribution < 1.29 is 41.4 Å². The van der Waals surface area contributed by atoms with Gasteiger partial charge in [-0.2, -0.15) is 0 Å². The van der Waals surface area contributed by atoms with E-state index in [0.29, 0.717) is 32.1 Å². The van der Waals surface area contributed by atoms with Crippen molar-refractivity contribution in [2.24, 2.45) is 11.8 Å². The van der Waals surface area contributed by atoms with Crippen LogP contribution in [0.25, 0.3) is 34.4 Å². The van der Waals surface area contributed by atoms with E-state index in [1.54, 1.807) is 22.3 Å². The molecule has 256 valence electrons. The minimum Gasteiger partial charge on any atom is -1.00 e. The third kappa shape index (κ3) is 7.11. The van der Waals surface area contributed by atoms with Gasteiger partial charge in [-0.3, -0.25) is 0 Å². The molecule has 3 aliphatic rings. The predicted octanol–water partition coefficient (Wildman–Crippen LogP) is 7.95. The molecule has 0 N–H and O–H groups in total. The van der Waals surface area contributed by atoms with Crippen molar-refractivity contribution in [1.29, 1.82) is 0 Å². The molecule has 1 heterocycles. The Bertz CT molecular complexity index is 1700. The molecule has 7 rings (SSSR count). The van der Waals surface area contributed by atoms with Crippen LogP contribution in [0.4, 0.5) is 0 Å². The van der Waals surface area contributed by atoms with E-state index in [4.69, 9.17) is 0 Å². The summed E-state index contributed by atoms with van der Waals surface area (Å²) >= 11 is -2.49. The maximum Gasteiger partial charge on any atom is -1.00 e. The second-order valence-electron chi connectivity index (χ2n) is 16.4. The average Bonchev–Trinajstić information content (AvgIpc) is 3.60. The van der Waals surface area contributed by atoms with E-state index in [9.17, 15) is 0 Å². The smallest absolute Gasteiger partial charge is 1.00 e. The molecular weight excluding hydrogens is 671 g/mol. The van der Waals surface area contributed by atoms with E-state index >= 15 is 0 Å². The van der Waals surface area contributed by atoms with Crippen molar-refractivity contribution in [1.82, 2.24) is 0 Å².